The number of nitrogens with one attached hydrogen (secondary N) is 1. The first kappa shape index (κ1) is 11.9. The van der Waals surface area contributed by atoms with E-state index >= 15 is 0 Å². The van der Waals surface area contributed by atoms with Crippen LogP contribution in [0.1, 0.15) is 24.8 Å². The van der Waals surface area contributed by atoms with E-state index in [9.17, 15) is 9.90 Å². The molecule has 1 amide bonds. The average molecular weight is 235 g/mol. The Labute approximate surface area is 101 Å². The third-order valence-electron chi connectivity index (χ3n) is 3.00. The minimum absolute atomic E-state index is 0.154. The van der Waals surface area contributed by atoms with Crippen LogP contribution in [0.5, 0.6) is 0 Å². The van der Waals surface area contributed by atoms with Gasteiger partial charge in [0.25, 0.3) is 0 Å². The lowest BCUT2D eigenvalue weighted by Crippen LogP contribution is -2.40. The molecule has 0 aromatic heterocycles. The predicted octanol–water partition coefficient (Wildman–Crippen LogP) is 1.83. The Bertz CT molecular complexity index is 366. The summed E-state index contributed by atoms with van der Waals surface area (Å²) in [5, 5.41) is 12.2. The van der Waals surface area contributed by atoms with Crippen molar-refractivity contribution in [3.05, 3.63) is 35.9 Å². The molecular formula is C13H17NO3. The second-order valence-electron chi connectivity index (χ2n) is 4.31. The molecule has 1 saturated carbocycles. The lowest BCUT2D eigenvalue weighted by molar-refractivity contribution is 0.113. The zero-order valence-corrected chi connectivity index (χ0v) is 9.63. The van der Waals surface area contributed by atoms with E-state index in [2.05, 4.69) is 5.32 Å². The van der Waals surface area contributed by atoms with Crippen LogP contribution in [0.3, 0.4) is 0 Å². The molecule has 2 N–H and O–H groups in total. The first-order valence-electron chi connectivity index (χ1n) is 5.91. The molecule has 0 saturated heterocycles. The highest BCUT2D eigenvalue weighted by Crippen LogP contribution is 2.18. The van der Waals surface area contributed by atoms with E-state index in [-0.39, 0.29) is 12.6 Å². The summed E-state index contributed by atoms with van der Waals surface area (Å²) >= 11 is 0. The Morgan fingerprint density at radius 3 is 2.76 bits per heavy atom. The molecule has 0 aliphatic heterocycles. The maximum atomic E-state index is 11.5. The molecule has 0 heterocycles. The van der Waals surface area contributed by atoms with Crippen LogP contribution in [-0.2, 0) is 11.3 Å². The van der Waals surface area contributed by atoms with Gasteiger partial charge in [-0.1, -0.05) is 30.3 Å². The van der Waals surface area contributed by atoms with E-state index in [0.29, 0.717) is 0 Å². The van der Waals surface area contributed by atoms with E-state index in [4.69, 9.17) is 4.74 Å². The molecule has 2 atom stereocenters. The number of alkyl carbamates (subject to hydrolysis) is 1. The normalized spacial score (nSPS) is 23.4. The molecule has 17 heavy (non-hydrogen) atoms. The number of hydrogen-bond acceptors (Lipinski definition) is 3. The lowest BCUT2D eigenvalue weighted by atomic mass is 10.2. The highest BCUT2D eigenvalue weighted by atomic mass is 16.5. The zero-order valence-electron chi connectivity index (χ0n) is 9.63. The summed E-state index contributed by atoms with van der Waals surface area (Å²) < 4.78 is 5.08. The van der Waals surface area contributed by atoms with E-state index in [1.165, 1.54) is 0 Å². The van der Waals surface area contributed by atoms with Crippen molar-refractivity contribution in [2.75, 3.05) is 0 Å². The Morgan fingerprint density at radius 1 is 1.35 bits per heavy atom. The zero-order chi connectivity index (χ0) is 12.1. The molecule has 0 spiro atoms. The molecule has 4 nitrogen and oxygen atoms in total. The lowest BCUT2D eigenvalue weighted by Gasteiger charge is -2.16. The average Bonchev–Trinajstić information content (AvgIpc) is 2.74. The van der Waals surface area contributed by atoms with Crippen molar-refractivity contribution >= 4 is 6.09 Å². The monoisotopic (exact) mass is 235 g/mol. The minimum atomic E-state index is -0.459. The molecule has 1 aliphatic rings. The van der Waals surface area contributed by atoms with Crippen molar-refractivity contribution in [1.82, 2.24) is 5.32 Å². The summed E-state index contributed by atoms with van der Waals surface area (Å²) in [5.41, 5.74) is 0.953. The molecule has 2 rings (SSSR count). The van der Waals surface area contributed by atoms with Gasteiger partial charge in [0.15, 0.2) is 0 Å². The second kappa shape index (κ2) is 5.68. The fourth-order valence-corrected chi connectivity index (χ4v) is 2.02. The summed E-state index contributed by atoms with van der Waals surface area (Å²) in [4.78, 5) is 11.5. The Morgan fingerprint density at radius 2 is 2.12 bits per heavy atom. The van der Waals surface area contributed by atoms with Gasteiger partial charge in [0.05, 0.1) is 12.1 Å². The van der Waals surface area contributed by atoms with E-state index in [1.54, 1.807) is 0 Å². The number of hydrogen-bond donors (Lipinski definition) is 2. The number of rotatable bonds is 3. The SMILES string of the molecule is O=C(NC1CCCC1O)OCc1ccccc1. The van der Waals surface area contributed by atoms with Gasteiger partial charge in [-0.2, -0.15) is 0 Å². The van der Waals surface area contributed by atoms with Gasteiger partial charge in [0.2, 0.25) is 0 Å². The van der Waals surface area contributed by atoms with Crippen molar-refractivity contribution in [1.29, 1.82) is 0 Å². The number of amides is 1. The first-order chi connectivity index (χ1) is 8.25. The molecule has 1 aromatic carbocycles. The van der Waals surface area contributed by atoms with Gasteiger partial charge in [-0.3, -0.25) is 0 Å². The first-order valence-corrected chi connectivity index (χ1v) is 5.91. The molecule has 4 heteroatoms. The fraction of sp³-hybridized carbons (Fsp3) is 0.462. The third kappa shape index (κ3) is 3.46. The van der Waals surface area contributed by atoms with Crippen molar-refractivity contribution in [3.8, 4) is 0 Å². The summed E-state index contributed by atoms with van der Waals surface area (Å²) in [6, 6.07) is 9.36. The number of ether oxygens (including phenoxy) is 1. The van der Waals surface area contributed by atoms with Crippen LogP contribution >= 0.6 is 0 Å². The Kier molecular flexibility index (Phi) is 3.98. The largest absolute Gasteiger partial charge is 0.445 e. The smallest absolute Gasteiger partial charge is 0.407 e. The Hall–Kier alpha value is -1.55. The van der Waals surface area contributed by atoms with Crippen LogP contribution in [0.15, 0.2) is 30.3 Å². The third-order valence-corrected chi connectivity index (χ3v) is 3.00. The van der Waals surface area contributed by atoms with Gasteiger partial charge >= 0.3 is 6.09 Å². The van der Waals surface area contributed by atoms with Crippen molar-refractivity contribution < 1.29 is 14.6 Å². The maximum absolute atomic E-state index is 11.5. The van der Waals surface area contributed by atoms with Gasteiger partial charge in [-0.15, -0.1) is 0 Å². The van der Waals surface area contributed by atoms with Crippen LogP contribution in [0.2, 0.25) is 0 Å². The van der Waals surface area contributed by atoms with Crippen molar-refractivity contribution in [3.63, 3.8) is 0 Å². The van der Waals surface area contributed by atoms with Crippen LogP contribution in [0, 0.1) is 0 Å². The van der Waals surface area contributed by atoms with E-state index in [0.717, 1.165) is 24.8 Å². The molecule has 1 fully saturated rings. The summed E-state index contributed by atoms with van der Waals surface area (Å²) in [6.45, 7) is 0.259. The van der Waals surface area contributed by atoms with Crippen LogP contribution in [0.4, 0.5) is 4.79 Å². The summed E-state index contributed by atoms with van der Waals surface area (Å²) in [7, 11) is 0. The fourth-order valence-electron chi connectivity index (χ4n) is 2.02. The topological polar surface area (TPSA) is 58.6 Å². The molecular weight excluding hydrogens is 218 g/mol. The van der Waals surface area contributed by atoms with E-state index in [1.807, 2.05) is 30.3 Å². The standard InChI is InChI=1S/C13H17NO3/c15-12-8-4-7-11(12)14-13(16)17-9-10-5-2-1-3-6-10/h1-3,5-6,11-12,15H,4,7-9H2,(H,14,16). The maximum Gasteiger partial charge on any atom is 0.407 e. The number of benzene rings is 1. The molecule has 92 valence electrons. The molecule has 2 unspecified atom stereocenters. The number of aliphatic hydroxyl groups excluding tert-OH is 1. The number of carbonyl (C=O) groups is 1. The second-order valence-corrected chi connectivity index (χ2v) is 4.31. The highest BCUT2D eigenvalue weighted by Gasteiger charge is 2.26. The molecule has 0 radical (unpaired) electrons. The van der Waals surface area contributed by atoms with Crippen LogP contribution < -0.4 is 5.32 Å². The van der Waals surface area contributed by atoms with Crippen molar-refractivity contribution in [2.45, 2.75) is 38.0 Å². The number of carbonyl (C=O) groups excluding carboxylic acids is 1. The Balaban J connectivity index is 1.74. The van der Waals surface area contributed by atoms with Gasteiger partial charge in [0, 0.05) is 0 Å². The van der Waals surface area contributed by atoms with E-state index < -0.39 is 12.2 Å². The van der Waals surface area contributed by atoms with Crippen molar-refractivity contribution in [2.24, 2.45) is 0 Å². The van der Waals surface area contributed by atoms with Gasteiger partial charge in [-0.25, -0.2) is 4.79 Å². The highest BCUT2D eigenvalue weighted by molar-refractivity contribution is 5.67. The quantitative estimate of drug-likeness (QED) is 0.840. The minimum Gasteiger partial charge on any atom is -0.445 e. The van der Waals surface area contributed by atoms with Gasteiger partial charge < -0.3 is 15.2 Å². The molecule has 1 aromatic rings. The summed E-state index contributed by atoms with van der Waals surface area (Å²) in [6.07, 6.45) is 1.63. The van der Waals surface area contributed by atoms with Crippen LogP contribution in [-0.4, -0.2) is 23.3 Å². The molecule has 1 aliphatic carbocycles. The molecule has 0 bridgehead atoms. The van der Waals surface area contributed by atoms with Crippen LogP contribution in [0.25, 0.3) is 0 Å². The number of aliphatic hydroxyl groups is 1. The van der Waals surface area contributed by atoms with Gasteiger partial charge in [0.1, 0.15) is 6.61 Å². The summed E-state index contributed by atoms with van der Waals surface area (Å²) in [5.74, 6) is 0. The van der Waals surface area contributed by atoms with Gasteiger partial charge in [-0.05, 0) is 24.8 Å². The predicted molar refractivity (Wildman–Crippen MR) is 63.4 cm³/mol.